The number of ether oxygens (including phenoxy) is 4. The molecule has 4 aromatic rings. The Kier molecular flexibility index (Phi) is 14.0. The average Bonchev–Trinajstić information content (AvgIpc) is 3.56. The number of nitrogens with zero attached hydrogens (tertiary/aromatic N) is 3. The number of aliphatic hydroxyl groups excluding tert-OH is 3. The molecule has 1 amide bonds. The van der Waals surface area contributed by atoms with Gasteiger partial charge in [-0.25, -0.2) is 9.37 Å². The number of phenols is 1. The van der Waals surface area contributed by atoms with Gasteiger partial charge < -0.3 is 58.9 Å². The highest BCUT2D eigenvalue weighted by Crippen LogP contribution is 2.42. The van der Waals surface area contributed by atoms with E-state index in [4.69, 9.17) is 28.3 Å². The van der Waals surface area contributed by atoms with Crippen LogP contribution in [0.15, 0.2) is 62.3 Å². The van der Waals surface area contributed by atoms with E-state index in [-0.39, 0.29) is 67.7 Å². The third-order valence-corrected chi connectivity index (χ3v) is 14.0. The molecule has 17 nitrogen and oxygen atoms in total. The van der Waals surface area contributed by atoms with Gasteiger partial charge in [0.1, 0.15) is 35.0 Å². The Bertz CT molecular complexity index is 2930. The minimum atomic E-state index is -2.01. The number of piperidine rings is 1. The second kappa shape index (κ2) is 19.1. The Morgan fingerprint density at radius 3 is 2.35 bits per heavy atom. The van der Waals surface area contributed by atoms with Crippen molar-refractivity contribution in [3.05, 3.63) is 79.5 Å². The molecule has 0 saturated carbocycles. The van der Waals surface area contributed by atoms with Crippen molar-refractivity contribution in [2.75, 3.05) is 44.5 Å². The Morgan fingerprint density at radius 1 is 1.00 bits per heavy atom. The van der Waals surface area contributed by atoms with Gasteiger partial charge in [-0.15, -0.1) is 0 Å². The van der Waals surface area contributed by atoms with Crippen LogP contribution in [-0.4, -0.2) is 119 Å². The van der Waals surface area contributed by atoms with Gasteiger partial charge in [-0.1, -0.05) is 45.9 Å². The molecule has 3 aliphatic heterocycles. The van der Waals surface area contributed by atoms with Crippen molar-refractivity contribution in [2.45, 2.75) is 104 Å². The lowest BCUT2D eigenvalue weighted by atomic mass is 9.78. The second-order valence-corrected chi connectivity index (χ2v) is 18.8. The first-order valence-electron chi connectivity index (χ1n) is 22.7. The molecule has 0 radical (unpaired) electrons. The Hall–Kier alpha value is -6.08. The van der Waals surface area contributed by atoms with Crippen LogP contribution >= 0.6 is 0 Å². The summed E-state index contributed by atoms with van der Waals surface area (Å²) in [5.41, 5.74) is -2.25. The first-order valence-corrected chi connectivity index (χ1v) is 22.7. The van der Waals surface area contributed by atoms with Crippen molar-refractivity contribution >= 4 is 62.0 Å². The number of allylic oxidation sites excluding steroid dienone is 2. The van der Waals surface area contributed by atoms with Gasteiger partial charge in [0.05, 0.1) is 41.7 Å². The van der Waals surface area contributed by atoms with E-state index in [1.165, 1.54) is 65.4 Å². The van der Waals surface area contributed by atoms with Crippen LogP contribution in [0.2, 0.25) is 0 Å². The summed E-state index contributed by atoms with van der Waals surface area (Å²) in [6, 6.07) is 2.52. The lowest BCUT2D eigenvalue weighted by Crippen LogP contribution is -2.50. The number of carbonyl (C=O) groups excluding carboxylic acids is 2. The molecule has 366 valence electrons. The number of rotatable bonds is 4. The number of aromatic hydroxyl groups is 1. The Balaban J connectivity index is 1.47. The largest absolute Gasteiger partial charge is 0.507 e. The summed E-state index contributed by atoms with van der Waals surface area (Å²) in [5.74, 6) is -7.20. The molecule has 0 spiro atoms. The topological polar surface area (TPSA) is 231 Å². The van der Waals surface area contributed by atoms with E-state index in [2.05, 4.69) is 5.32 Å². The average molecular weight is 945 g/mol. The second-order valence-electron chi connectivity index (χ2n) is 18.8. The van der Waals surface area contributed by atoms with Gasteiger partial charge in [0.15, 0.2) is 22.4 Å². The summed E-state index contributed by atoms with van der Waals surface area (Å²) in [7, 11) is 5.05. The Labute approximate surface area is 392 Å². The van der Waals surface area contributed by atoms with E-state index in [0.717, 1.165) is 0 Å². The van der Waals surface area contributed by atoms with Crippen molar-refractivity contribution in [2.24, 2.45) is 23.7 Å². The first-order chi connectivity index (χ1) is 32.0. The van der Waals surface area contributed by atoms with Crippen LogP contribution in [0.4, 0.5) is 15.8 Å². The monoisotopic (exact) mass is 944 g/mol. The van der Waals surface area contributed by atoms with Crippen LogP contribution < -0.4 is 31.0 Å². The maximum Gasteiger partial charge on any atom is 0.307 e. The normalized spacial score (nSPS) is 31.4. The zero-order valence-electron chi connectivity index (χ0n) is 40.1. The number of esters is 1. The van der Waals surface area contributed by atoms with E-state index in [1.54, 1.807) is 44.7 Å². The van der Waals surface area contributed by atoms with E-state index in [1.807, 2.05) is 19.0 Å². The summed E-state index contributed by atoms with van der Waals surface area (Å²) in [6.45, 7) is 12.9. The molecular weight excluding hydrogens is 884 g/mol. The molecule has 1 saturated heterocycles. The maximum atomic E-state index is 15.4. The molecule has 1 fully saturated rings. The van der Waals surface area contributed by atoms with Gasteiger partial charge in [-0.2, -0.15) is 0 Å². The molecule has 18 heteroatoms. The number of aromatic nitrogens is 1. The number of amides is 1. The highest BCUT2D eigenvalue weighted by molar-refractivity contribution is 6.16. The van der Waals surface area contributed by atoms with Crippen molar-refractivity contribution in [1.82, 2.24) is 9.88 Å². The van der Waals surface area contributed by atoms with Gasteiger partial charge in [-0.3, -0.25) is 19.2 Å². The van der Waals surface area contributed by atoms with Gasteiger partial charge in [0, 0.05) is 91.6 Å². The fraction of sp³-hybridized carbons (Fsp3) is 0.500. The number of halogens is 1. The molecule has 68 heavy (non-hydrogen) atoms. The molecule has 3 aliphatic rings. The predicted molar refractivity (Wildman–Crippen MR) is 254 cm³/mol. The maximum absolute atomic E-state index is 15.4. The first kappa shape index (κ1) is 49.8. The molecule has 4 bridgehead atoms. The molecule has 3 aromatic carbocycles. The third kappa shape index (κ3) is 8.90. The van der Waals surface area contributed by atoms with Crippen molar-refractivity contribution < 1.29 is 57.8 Å². The fourth-order valence-corrected chi connectivity index (χ4v) is 9.77. The molecule has 1 aromatic heterocycles. The van der Waals surface area contributed by atoms with Crippen LogP contribution in [0, 0.1) is 30.6 Å². The van der Waals surface area contributed by atoms with E-state index < -0.39 is 100.0 Å². The van der Waals surface area contributed by atoms with Gasteiger partial charge >= 0.3 is 11.8 Å². The number of benzene rings is 3. The van der Waals surface area contributed by atoms with Crippen LogP contribution in [0.25, 0.3) is 38.7 Å². The van der Waals surface area contributed by atoms with Crippen LogP contribution in [-0.2, 0) is 23.8 Å². The minimum absolute atomic E-state index is 0.000703. The lowest BCUT2D eigenvalue weighted by Gasteiger charge is -2.38. The van der Waals surface area contributed by atoms with E-state index in [0.29, 0.717) is 18.7 Å². The zero-order valence-corrected chi connectivity index (χ0v) is 40.1. The zero-order chi connectivity index (χ0) is 49.8. The number of phenolic OH excluding ortho intramolecular Hbond substituents is 1. The molecule has 4 heterocycles. The number of methoxy groups -OCH3 is 1. The molecule has 7 rings (SSSR count). The number of carbonyl (C=O) groups is 2. The minimum Gasteiger partial charge on any atom is -0.507 e. The van der Waals surface area contributed by atoms with Crippen molar-refractivity contribution in [3.8, 4) is 11.5 Å². The highest BCUT2D eigenvalue weighted by atomic mass is 19.1. The molecule has 0 aliphatic carbocycles. The summed E-state index contributed by atoms with van der Waals surface area (Å²) < 4.78 is 45.8. The quantitative estimate of drug-likeness (QED) is 0.103. The van der Waals surface area contributed by atoms with E-state index in [9.17, 15) is 39.6 Å². The predicted octanol–water partition coefficient (Wildman–Crippen LogP) is 5.04. The van der Waals surface area contributed by atoms with Gasteiger partial charge in [-0.05, 0) is 40.4 Å². The van der Waals surface area contributed by atoms with Crippen molar-refractivity contribution in [1.29, 1.82) is 0 Å². The lowest BCUT2D eigenvalue weighted by molar-refractivity contribution is -0.160. The third-order valence-electron chi connectivity index (χ3n) is 14.0. The number of anilines is 2. The molecule has 2 unspecified atom stereocenters. The molecule has 11 atom stereocenters. The standard InChI is InChI=1S/C50H61FN4O13/c1-22-13-12-14-23(2)49(63)53-40-44(61)36-35(39-47(40)67-34-20-29(19-32(57)38(34)52-39)55-17-15-31(54(9)10)30(51)21-55)37-46(27(6)43(36)60)68-50(8,48(37)62)65-18-16-33(64-11)24(3)45(66-28(7)56)26(5)42(59)25(4)41(22)58/h12-14,16,18-20,22,24-26,30-31,33,41-42,45,58-60,62H,15,17,21H2,1-11H3,(H,53,63)/b13-12+,18-16+,23-14-/t22-,24+,25+,26+,30?,31?,33-,41-,42+,45+,50-/m0/s1. The van der Waals surface area contributed by atoms with Crippen LogP contribution in [0.1, 0.15) is 60.5 Å². The fourth-order valence-electron chi connectivity index (χ4n) is 9.77. The van der Waals surface area contributed by atoms with Crippen LogP contribution in [0.5, 0.6) is 11.5 Å². The SMILES string of the molecule is CO[C@H]1/C=C/O[C@@]2(C)Oc3c(C)c(O)c4c(=O)c(c5oc6cc(N7CCC(N(C)C)C(F)C7)cc(=O)c6nc5c4c3=C2O)NC(=O)/C(C)=C\C=C\[C@H](C)[C@H](O)[C@@H](C)[C@@H](O)[C@@H](C)[C@H](OC(C)=O)[C@@H]1C. The number of hydrogen-bond acceptors (Lipinski definition) is 16. The number of alkyl halides is 1. The Morgan fingerprint density at radius 2 is 1.71 bits per heavy atom. The van der Waals surface area contributed by atoms with Crippen LogP contribution in [0.3, 0.4) is 0 Å². The summed E-state index contributed by atoms with van der Waals surface area (Å²) in [6.07, 6.45) is 2.63. The summed E-state index contributed by atoms with van der Waals surface area (Å²) >= 11 is 0. The molecular formula is C50H61FN4O13. The number of aliphatic hydroxyl groups is 3. The van der Waals surface area contributed by atoms with Gasteiger partial charge in [0.2, 0.25) is 10.9 Å². The van der Waals surface area contributed by atoms with Crippen molar-refractivity contribution in [3.63, 3.8) is 0 Å². The number of hydrogen-bond donors (Lipinski definition) is 5. The number of fused-ring (bicyclic) bond motifs is 2. The number of nitrogens with one attached hydrogen (secondary N) is 1. The van der Waals surface area contributed by atoms with E-state index >= 15 is 4.39 Å². The summed E-state index contributed by atoms with van der Waals surface area (Å²) in [4.78, 5) is 63.6. The highest BCUT2D eigenvalue weighted by Gasteiger charge is 2.44. The smallest absolute Gasteiger partial charge is 0.307 e. The summed E-state index contributed by atoms with van der Waals surface area (Å²) in [5, 5.41) is 49.1. The van der Waals surface area contributed by atoms with Gasteiger partial charge in [0.25, 0.3) is 5.91 Å². The molecule has 5 N–H and O–H groups in total.